The van der Waals surface area contributed by atoms with E-state index >= 15 is 0 Å². The van der Waals surface area contributed by atoms with Crippen molar-refractivity contribution in [3.8, 4) is 17.4 Å². The van der Waals surface area contributed by atoms with E-state index in [0.29, 0.717) is 23.7 Å². The molecule has 0 atom stereocenters. The van der Waals surface area contributed by atoms with E-state index in [-0.39, 0.29) is 23.8 Å². The summed E-state index contributed by atoms with van der Waals surface area (Å²) in [5.74, 6) is 0.442. The molecule has 134 valence electrons. The molecular weight excluding hydrogens is 321 g/mol. The van der Waals surface area contributed by atoms with Crippen molar-refractivity contribution in [2.45, 2.75) is 58.5 Å². The molecule has 5 nitrogen and oxygen atoms in total. The summed E-state index contributed by atoms with van der Waals surface area (Å²) in [4.78, 5) is 17.0. The van der Waals surface area contributed by atoms with Gasteiger partial charge < -0.3 is 4.74 Å². The summed E-state index contributed by atoms with van der Waals surface area (Å²) in [6.45, 7) is 3.73. The van der Waals surface area contributed by atoms with Crippen LogP contribution in [-0.2, 0) is 0 Å². The smallest absolute Gasteiger partial charge is 0.336 e. The Kier molecular flexibility index (Phi) is 5.46. The van der Waals surface area contributed by atoms with Gasteiger partial charge in [-0.1, -0.05) is 37.8 Å². The summed E-state index contributed by atoms with van der Waals surface area (Å²) in [6, 6.07) is 6.16. The number of carbonyl (C=O) groups excluding carboxylic acids is 1. The van der Waals surface area contributed by atoms with Crippen molar-refractivity contribution in [1.82, 2.24) is 14.8 Å². The lowest BCUT2D eigenvalue weighted by Gasteiger charge is -2.08. The van der Waals surface area contributed by atoms with Crippen LogP contribution in [0, 0.1) is 11.7 Å². The van der Waals surface area contributed by atoms with E-state index in [1.165, 1.54) is 42.5 Å². The Labute approximate surface area is 147 Å². The largest absolute Gasteiger partial charge is 0.460 e. The lowest BCUT2D eigenvalue weighted by atomic mass is 10.0. The number of carbonyl (C=O) groups is 1. The van der Waals surface area contributed by atoms with E-state index in [1.54, 1.807) is 12.1 Å². The zero-order chi connectivity index (χ0) is 17.8. The molecule has 3 rings (SSSR count). The summed E-state index contributed by atoms with van der Waals surface area (Å²) in [7, 11) is 0. The molecule has 25 heavy (non-hydrogen) atoms. The van der Waals surface area contributed by atoms with Crippen molar-refractivity contribution in [1.29, 1.82) is 0 Å². The third-order valence-electron chi connectivity index (χ3n) is 4.49. The zero-order valence-corrected chi connectivity index (χ0v) is 14.7. The molecule has 1 heterocycles. The normalized spacial score (nSPS) is 15.0. The average molecular weight is 345 g/mol. The van der Waals surface area contributed by atoms with Gasteiger partial charge in [0, 0.05) is 12.0 Å². The van der Waals surface area contributed by atoms with Crippen molar-refractivity contribution in [2.75, 3.05) is 0 Å². The Morgan fingerprint density at radius 3 is 2.80 bits per heavy atom. The summed E-state index contributed by atoms with van der Waals surface area (Å²) >= 11 is 0. The Bertz CT molecular complexity index is 736. The first-order chi connectivity index (χ1) is 12.0. The van der Waals surface area contributed by atoms with Crippen LogP contribution in [-0.4, -0.2) is 26.8 Å². The maximum absolute atomic E-state index is 13.6. The van der Waals surface area contributed by atoms with E-state index in [9.17, 15) is 9.18 Å². The average Bonchev–Trinajstić information content (AvgIpc) is 3.21. The lowest BCUT2D eigenvalue weighted by Crippen LogP contribution is -2.15. The van der Waals surface area contributed by atoms with E-state index < -0.39 is 0 Å². The molecule has 1 aliphatic rings. The standard InChI is InChI=1S/C19H24FN3O2/c1-13(2)25-19-21-18(15-8-5-9-16(20)12-15)23(22-19)17(24)11-10-14-6-3-4-7-14/h5,8-9,12-14H,3-4,6-7,10-11H2,1-2H3. The first kappa shape index (κ1) is 17.6. The predicted octanol–water partition coefficient (Wildman–Crippen LogP) is 4.48. The van der Waals surface area contributed by atoms with Gasteiger partial charge in [-0.25, -0.2) is 4.39 Å². The molecule has 0 unspecified atom stereocenters. The van der Waals surface area contributed by atoms with Gasteiger partial charge in [-0.3, -0.25) is 4.79 Å². The highest BCUT2D eigenvalue weighted by molar-refractivity contribution is 5.82. The Morgan fingerprint density at radius 2 is 2.12 bits per heavy atom. The number of benzene rings is 1. The highest BCUT2D eigenvalue weighted by atomic mass is 19.1. The van der Waals surface area contributed by atoms with Crippen LogP contribution in [0.1, 0.15) is 57.2 Å². The number of halogens is 1. The van der Waals surface area contributed by atoms with Gasteiger partial charge in [0.25, 0.3) is 0 Å². The number of hydrogen-bond donors (Lipinski definition) is 0. The number of rotatable bonds is 6. The van der Waals surface area contributed by atoms with Crippen molar-refractivity contribution in [2.24, 2.45) is 5.92 Å². The van der Waals surface area contributed by atoms with Crippen molar-refractivity contribution >= 4 is 5.91 Å². The Balaban J connectivity index is 1.84. The van der Waals surface area contributed by atoms with E-state index in [0.717, 1.165) is 6.42 Å². The molecule has 1 aromatic carbocycles. The number of aromatic nitrogens is 3. The summed E-state index contributed by atoms with van der Waals surface area (Å²) < 4.78 is 20.4. The van der Waals surface area contributed by atoms with Gasteiger partial charge in [0.2, 0.25) is 5.91 Å². The lowest BCUT2D eigenvalue weighted by molar-refractivity contribution is 0.0876. The molecule has 0 spiro atoms. The Morgan fingerprint density at radius 1 is 1.36 bits per heavy atom. The molecule has 6 heteroatoms. The van der Waals surface area contributed by atoms with E-state index in [2.05, 4.69) is 10.1 Å². The fourth-order valence-electron chi connectivity index (χ4n) is 3.27. The molecular formula is C19H24FN3O2. The predicted molar refractivity (Wildman–Crippen MR) is 93.0 cm³/mol. The minimum absolute atomic E-state index is 0.107. The van der Waals surface area contributed by atoms with Crippen LogP contribution in [0.4, 0.5) is 4.39 Å². The van der Waals surface area contributed by atoms with Crippen LogP contribution >= 0.6 is 0 Å². The molecule has 0 saturated heterocycles. The van der Waals surface area contributed by atoms with Crippen LogP contribution < -0.4 is 4.74 Å². The van der Waals surface area contributed by atoms with Gasteiger partial charge in [0.1, 0.15) is 5.82 Å². The molecule has 1 fully saturated rings. The van der Waals surface area contributed by atoms with Gasteiger partial charge in [0.05, 0.1) is 6.10 Å². The maximum atomic E-state index is 13.6. The van der Waals surface area contributed by atoms with Crippen LogP contribution in [0.25, 0.3) is 11.4 Å². The number of nitrogens with zero attached hydrogens (tertiary/aromatic N) is 3. The minimum Gasteiger partial charge on any atom is -0.460 e. The quantitative estimate of drug-likeness (QED) is 0.774. The molecule has 0 bridgehead atoms. The van der Waals surface area contributed by atoms with Crippen molar-refractivity contribution in [3.63, 3.8) is 0 Å². The second-order valence-electron chi connectivity index (χ2n) is 6.89. The van der Waals surface area contributed by atoms with E-state index in [4.69, 9.17) is 4.74 Å². The van der Waals surface area contributed by atoms with Crippen LogP contribution in [0.5, 0.6) is 6.01 Å². The Hall–Kier alpha value is -2.24. The van der Waals surface area contributed by atoms with Crippen LogP contribution in [0.2, 0.25) is 0 Å². The van der Waals surface area contributed by atoms with Gasteiger partial charge in [-0.05, 0) is 38.3 Å². The van der Waals surface area contributed by atoms with Crippen LogP contribution in [0.15, 0.2) is 24.3 Å². The molecule has 0 N–H and O–H groups in total. The second kappa shape index (κ2) is 7.76. The van der Waals surface area contributed by atoms with Gasteiger partial charge in [-0.15, -0.1) is 5.10 Å². The highest BCUT2D eigenvalue weighted by Gasteiger charge is 2.22. The zero-order valence-electron chi connectivity index (χ0n) is 14.7. The first-order valence-electron chi connectivity index (χ1n) is 8.96. The number of ether oxygens (including phenoxy) is 1. The molecule has 0 radical (unpaired) electrons. The topological polar surface area (TPSA) is 57.0 Å². The maximum Gasteiger partial charge on any atom is 0.336 e. The van der Waals surface area contributed by atoms with Gasteiger partial charge in [-0.2, -0.15) is 9.67 Å². The third kappa shape index (κ3) is 4.44. The van der Waals surface area contributed by atoms with Gasteiger partial charge in [0.15, 0.2) is 5.82 Å². The molecule has 1 saturated carbocycles. The van der Waals surface area contributed by atoms with Crippen LogP contribution in [0.3, 0.4) is 0 Å². The molecule has 2 aromatic rings. The van der Waals surface area contributed by atoms with Gasteiger partial charge >= 0.3 is 6.01 Å². The monoisotopic (exact) mass is 345 g/mol. The fraction of sp³-hybridized carbons (Fsp3) is 0.526. The van der Waals surface area contributed by atoms with Crippen molar-refractivity contribution < 1.29 is 13.9 Å². The van der Waals surface area contributed by atoms with E-state index in [1.807, 2.05) is 13.8 Å². The molecule has 1 aromatic heterocycles. The summed E-state index contributed by atoms with van der Waals surface area (Å²) in [6.07, 6.45) is 6.07. The van der Waals surface area contributed by atoms with Crippen molar-refractivity contribution in [3.05, 3.63) is 30.1 Å². The summed E-state index contributed by atoms with van der Waals surface area (Å²) in [5.41, 5.74) is 0.514. The first-order valence-corrected chi connectivity index (χ1v) is 8.96. The highest BCUT2D eigenvalue weighted by Crippen LogP contribution is 2.29. The second-order valence-corrected chi connectivity index (χ2v) is 6.89. The molecule has 0 amide bonds. The minimum atomic E-state index is -0.378. The SMILES string of the molecule is CC(C)Oc1nc(-c2cccc(F)c2)n(C(=O)CCC2CCCC2)n1. The fourth-order valence-corrected chi connectivity index (χ4v) is 3.27. The third-order valence-corrected chi connectivity index (χ3v) is 4.49. The summed E-state index contributed by atoms with van der Waals surface area (Å²) in [5, 5.41) is 4.21. The molecule has 0 aliphatic heterocycles. The number of hydrogen-bond acceptors (Lipinski definition) is 4. The molecule has 1 aliphatic carbocycles.